The zero-order chi connectivity index (χ0) is 20.4. The molecule has 29 heavy (non-hydrogen) atoms. The molecule has 0 aromatic heterocycles. The minimum Gasteiger partial charge on any atom is -0.496 e. The van der Waals surface area contributed by atoms with Gasteiger partial charge < -0.3 is 29.6 Å². The molecule has 0 aliphatic carbocycles. The van der Waals surface area contributed by atoms with Gasteiger partial charge in [-0.15, -0.1) is 24.0 Å². The number of ether oxygens (including phenoxy) is 4. The van der Waals surface area contributed by atoms with Crippen molar-refractivity contribution in [2.24, 2.45) is 4.99 Å². The first-order valence-electron chi connectivity index (χ1n) is 9.02. The van der Waals surface area contributed by atoms with Crippen LogP contribution in [0, 0.1) is 0 Å². The number of nitrogens with zero attached hydrogens (tertiary/aromatic N) is 1. The third kappa shape index (κ3) is 6.88. The third-order valence-electron chi connectivity index (χ3n) is 4.35. The van der Waals surface area contributed by atoms with Crippen molar-refractivity contribution in [1.82, 2.24) is 10.6 Å². The van der Waals surface area contributed by atoms with E-state index in [9.17, 15) is 0 Å². The molecule has 0 saturated heterocycles. The third-order valence-corrected chi connectivity index (χ3v) is 4.35. The Labute approximate surface area is 189 Å². The second-order valence-electron chi connectivity index (χ2n) is 5.92. The predicted octanol–water partition coefficient (Wildman–Crippen LogP) is 3.25. The molecule has 0 radical (unpaired) electrons. The number of hydrogen-bond donors (Lipinski definition) is 2. The largest absolute Gasteiger partial charge is 0.496 e. The van der Waals surface area contributed by atoms with Gasteiger partial charge in [0.15, 0.2) is 5.96 Å². The van der Waals surface area contributed by atoms with Gasteiger partial charge in [0.1, 0.15) is 23.0 Å². The van der Waals surface area contributed by atoms with E-state index in [2.05, 4.69) is 15.6 Å². The lowest BCUT2D eigenvalue weighted by Crippen LogP contribution is -2.38. The van der Waals surface area contributed by atoms with Crippen molar-refractivity contribution >= 4 is 29.9 Å². The minimum absolute atomic E-state index is 0. The van der Waals surface area contributed by atoms with Crippen LogP contribution < -0.4 is 29.6 Å². The van der Waals surface area contributed by atoms with Crippen LogP contribution in [0.1, 0.15) is 11.1 Å². The highest BCUT2D eigenvalue weighted by molar-refractivity contribution is 14.0. The van der Waals surface area contributed by atoms with Crippen LogP contribution in [0.2, 0.25) is 0 Å². The van der Waals surface area contributed by atoms with E-state index in [1.54, 1.807) is 35.5 Å². The molecule has 0 aliphatic rings. The highest BCUT2D eigenvalue weighted by atomic mass is 127. The molecule has 0 spiro atoms. The van der Waals surface area contributed by atoms with E-state index in [0.29, 0.717) is 31.2 Å². The van der Waals surface area contributed by atoms with Gasteiger partial charge in [-0.05, 0) is 12.5 Å². The van der Waals surface area contributed by atoms with Crippen LogP contribution in [0.4, 0.5) is 0 Å². The molecule has 8 heteroatoms. The molecule has 2 aromatic carbocycles. The summed E-state index contributed by atoms with van der Waals surface area (Å²) >= 11 is 0. The zero-order valence-corrected chi connectivity index (χ0v) is 19.9. The second kappa shape index (κ2) is 13.0. The first-order valence-corrected chi connectivity index (χ1v) is 9.02. The SMILES string of the molecule is CN=C(NCCc1c(OC)cc(OC)cc1OC)NCc1ccccc1OC.I. The molecule has 0 atom stereocenters. The predicted molar refractivity (Wildman–Crippen MR) is 126 cm³/mol. The summed E-state index contributed by atoms with van der Waals surface area (Å²) in [6.45, 7) is 1.27. The van der Waals surface area contributed by atoms with Crippen molar-refractivity contribution in [2.45, 2.75) is 13.0 Å². The fourth-order valence-electron chi connectivity index (χ4n) is 2.88. The van der Waals surface area contributed by atoms with Gasteiger partial charge >= 0.3 is 0 Å². The Bertz CT molecular complexity index is 774. The molecular formula is C21H30IN3O4. The number of rotatable bonds is 9. The van der Waals surface area contributed by atoms with Gasteiger partial charge in [-0.2, -0.15) is 0 Å². The van der Waals surface area contributed by atoms with Crippen molar-refractivity contribution in [3.05, 3.63) is 47.5 Å². The van der Waals surface area contributed by atoms with Gasteiger partial charge in [0.2, 0.25) is 0 Å². The first-order chi connectivity index (χ1) is 13.7. The van der Waals surface area contributed by atoms with Crippen molar-refractivity contribution in [1.29, 1.82) is 0 Å². The molecule has 2 N–H and O–H groups in total. The van der Waals surface area contributed by atoms with Crippen molar-refractivity contribution in [3.63, 3.8) is 0 Å². The molecule has 2 rings (SSSR count). The van der Waals surface area contributed by atoms with Crippen LogP contribution in [0.25, 0.3) is 0 Å². The lowest BCUT2D eigenvalue weighted by atomic mass is 10.1. The van der Waals surface area contributed by atoms with Crippen LogP contribution in [0.15, 0.2) is 41.4 Å². The van der Waals surface area contributed by atoms with Crippen molar-refractivity contribution in [3.8, 4) is 23.0 Å². The van der Waals surface area contributed by atoms with Gasteiger partial charge in [-0.25, -0.2) is 0 Å². The van der Waals surface area contributed by atoms with E-state index in [0.717, 1.165) is 28.4 Å². The summed E-state index contributed by atoms with van der Waals surface area (Å²) in [6, 6.07) is 11.6. The number of nitrogens with one attached hydrogen (secondary N) is 2. The maximum absolute atomic E-state index is 5.50. The topological polar surface area (TPSA) is 73.3 Å². The summed E-state index contributed by atoms with van der Waals surface area (Å²) in [6.07, 6.45) is 0.700. The molecule has 160 valence electrons. The molecule has 0 fully saturated rings. The fraction of sp³-hybridized carbons (Fsp3) is 0.381. The van der Waals surface area contributed by atoms with E-state index in [1.165, 1.54) is 0 Å². The van der Waals surface area contributed by atoms with Gasteiger partial charge in [-0.1, -0.05) is 18.2 Å². The lowest BCUT2D eigenvalue weighted by molar-refractivity contribution is 0.368. The summed E-state index contributed by atoms with van der Waals surface area (Å²) < 4.78 is 21.7. The number of hydrogen-bond acceptors (Lipinski definition) is 5. The highest BCUT2D eigenvalue weighted by Crippen LogP contribution is 2.34. The van der Waals surface area contributed by atoms with E-state index in [-0.39, 0.29) is 24.0 Å². The zero-order valence-electron chi connectivity index (χ0n) is 17.6. The summed E-state index contributed by atoms with van der Waals surface area (Å²) in [5.74, 6) is 3.71. The second-order valence-corrected chi connectivity index (χ2v) is 5.92. The van der Waals surface area contributed by atoms with Crippen LogP contribution in [0.5, 0.6) is 23.0 Å². The standard InChI is InChI=1S/C21H29N3O4.HI/c1-22-21(24-14-15-8-6-7-9-18(15)26-3)23-11-10-17-19(27-4)12-16(25-2)13-20(17)28-5;/h6-9,12-13H,10-11,14H2,1-5H3,(H2,22,23,24);1H. The highest BCUT2D eigenvalue weighted by Gasteiger charge is 2.13. The Kier molecular flexibility index (Phi) is 11.0. The summed E-state index contributed by atoms with van der Waals surface area (Å²) in [4.78, 5) is 4.27. The Hall–Kier alpha value is -2.36. The Morgan fingerprint density at radius 2 is 1.48 bits per heavy atom. The van der Waals surface area contributed by atoms with Gasteiger partial charge in [-0.3, -0.25) is 4.99 Å². The van der Waals surface area contributed by atoms with Gasteiger partial charge in [0.05, 0.1) is 28.4 Å². The maximum atomic E-state index is 5.50. The Morgan fingerprint density at radius 3 is 2.03 bits per heavy atom. The van der Waals surface area contributed by atoms with E-state index >= 15 is 0 Å². The number of methoxy groups -OCH3 is 4. The average Bonchev–Trinajstić information content (AvgIpc) is 2.75. The van der Waals surface area contributed by atoms with E-state index in [1.807, 2.05) is 36.4 Å². The maximum Gasteiger partial charge on any atom is 0.191 e. The molecule has 0 saturated carbocycles. The number of halogens is 1. The smallest absolute Gasteiger partial charge is 0.191 e. The summed E-state index contributed by atoms with van der Waals surface area (Å²) in [5, 5.41) is 6.61. The number of guanidine groups is 1. The van der Waals surface area contributed by atoms with Crippen LogP contribution in [-0.4, -0.2) is 48.0 Å². The van der Waals surface area contributed by atoms with Crippen LogP contribution >= 0.6 is 24.0 Å². The first kappa shape index (κ1) is 24.7. The number of para-hydroxylation sites is 1. The summed E-state index contributed by atoms with van der Waals surface area (Å²) in [5.41, 5.74) is 2.03. The van der Waals surface area contributed by atoms with E-state index < -0.39 is 0 Å². The van der Waals surface area contributed by atoms with Crippen molar-refractivity contribution in [2.75, 3.05) is 42.0 Å². The number of aliphatic imine (C=N–C) groups is 1. The van der Waals surface area contributed by atoms with Crippen LogP contribution in [-0.2, 0) is 13.0 Å². The Morgan fingerprint density at radius 1 is 0.862 bits per heavy atom. The normalized spacial score (nSPS) is 10.6. The molecule has 0 aliphatic heterocycles. The van der Waals surface area contributed by atoms with Gasteiger partial charge in [0.25, 0.3) is 0 Å². The minimum atomic E-state index is 0. The van der Waals surface area contributed by atoms with Crippen LogP contribution in [0.3, 0.4) is 0 Å². The van der Waals surface area contributed by atoms with E-state index in [4.69, 9.17) is 18.9 Å². The molecule has 7 nitrogen and oxygen atoms in total. The average molecular weight is 515 g/mol. The monoisotopic (exact) mass is 515 g/mol. The number of benzene rings is 2. The molecule has 0 heterocycles. The Balaban J connectivity index is 0.00000420. The lowest BCUT2D eigenvalue weighted by Gasteiger charge is -2.17. The molecule has 0 bridgehead atoms. The molecular weight excluding hydrogens is 485 g/mol. The van der Waals surface area contributed by atoms with Crippen molar-refractivity contribution < 1.29 is 18.9 Å². The molecule has 0 amide bonds. The molecule has 2 aromatic rings. The van der Waals surface area contributed by atoms with Gasteiger partial charge in [0, 0.05) is 43.4 Å². The quantitative estimate of drug-likeness (QED) is 0.304. The fourth-order valence-corrected chi connectivity index (χ4v) is 2.88. The molecule has 0 unspecified atom stereocenters. The summed E-state index contributed by atoms with van der Waals surface area (Å²) in [7, 11) is 8.30.